The second kappa shape index (κ2) is 6.58. The normalized spacial score (nSPS) is 22.3. The molecule has 1 rings (SSSR count). The van der Waals surface area contributed by atoms with E-state index in [1.807, 2.05) is 0 Å². The molecule has 0 bridgehead atoms. The van der Waals surface area contributed by atoms with Gasteiger partial charge in [-0.3, -0.25) is 4.90 Å². The Labute approximate surface area is 100 Å². The number of aliphatic hydroxyl groups excluding tert-OH is 1. The van der Waals surface area contributed by atoms with Crippen LogP contribution in [0.15, 0.2) is 0 Å². The highest BCUT2D eigenvalue weighted by molar-refractivity contribution is 4.98. The molecule has 0 aliphatic heterocycles. The first-order valence-corrected chi connectivity index (χ1v) is 6.81. The zero-order chi connectivity index (χ0) is 12.0. The zero-order valence-corrected chi connectivity index (χ0v) is 10.9. The molecule has 3 heteroatoms. The van der Waals surface area contributed by atoms with E-state index in [1.165, 1.54) is 32.1 Å². The number of nitrogens with zero attached hydrogens (tertiary/aromatic N) is 1. The Morgan fingerprint density at radius 2 is 1.75 bits per heavy atom. The summed E-state index contributed by atoms with van der Waals surface area (Å²) in [5.74, 6) is 0.243. The topological polar surface area (TPSA) is 49.5 Å². The van der Waals surface area contributed by atoms with E-state index in [9.17, 15) is 5.11 Å². The molecule has 3 nitrogen and oxygen atoms in total. The summed E-state index contributed by atoms with van der Waals surface area (Å²) in [6.45, 7) is 7.38. The van der Waals surface area contributed by atoms with Crippen LogP contribution in [0.3, 0.4) is 0 Å². The predicted octanol–water partition coefficient (Wildman–Crippen LogP) is 1.60. The molecule has 0 unspecified atom stereocenters. The first-order valence-electron chi connectivity index (χ1n) is 6.81. The van der Waals surface area contributed by atoms with Crippen LogP contribution in [0.4, 0.5) is 0 Å². The van der Waals surface area contributed by atoms with Crippen LogP contribution < -0.4 is 5.73 Å². The van der Waals surface area contributed by atoms with Crippen LogP contribution in [0.1, 0.15) is 46.0 Å². The summed E-state index contributed by atoms with van der Waals surface area (Å²) in [6.07, 6.45) is 6.32. The minimum absolute atomic E-state index is 0.172. The van der Waals surface area contributed by atoms with Gasteiger partial charge in [-0.15, -0.1) is 0 Å². The molecule has 0 heterocycles. The molecular formula is C13H28N2O. The molecule has 3 N–H and O–H groups in total. The molecule has 1 saturated carbocycles. The van der Waals surface area contributed by atoms with Gasteiger partial charge < -0.3 is 10.8 Å². The van der Waals surface area contributed by atoms with E-state index in [2.05, 4.69) is 18.7 Å². The molecule has 1 fully saturated rings. The summed E-state index contributed by atoms with van der Waals surface area (Å²) in [5.41, 5.74) is 6.03. The summed E-state index contributed by atoms with van der Waals surface area (Å²) in [5, 5.41) is 9.58. The summed E-state index contributed by atoms with van der Waals surface area (Å²) in [4.78, 5) is 2.53. The van der Waals surface area contributed by atoms with Crippen molar-refractivity contribution >= 4 is 0 Å². The van der Waals surface area contributed by atoms with Gasteiger partial charge in [-0.2, -0.15) is 0 Å². The van der Waals surface area contributed by atoms with Crippen molar-refractivity contribution in [2.24, 2.45) is 11.7 Å². The monoisotopic (exact) mass is 228 g/mol. The molecule has 16 heavy (non-hydrogen) atoms. The molecule has 0 aromatic rings. The third kappa shape index (κ3) is 2.58. The van der Waals surface area contributed by atoms with Gasteiger partial charge in [0.2, 0.25) is 0 Å². The minimum Gasteiger partial charge on any atom is -0.396 e. The van der Waals surface area contributed by atoms with Crippen molar-refractivity contribution in [2.45, 2.75) is 51.5 Å². The van der Waals surface area contributed by atoms with E-state index in [1.54, 1.807) is 0 Å². The summed E-state index contributed by atoms with van der Waals surface area (Å²) in [7, 11) is 0. The van der Waals surface area contributed by atoms with Crippen LogP contribution in [0.2, 0.25) is 0 Å². The molecule has 0 saturated heterocycles. The zero-order valence-electron chi connectivity index (χ0n) is 10.9. The van der Waals surface area contributed by atoms with Crippen LogP contribution in [-0.4, -0.2) is 41.8 Å². The van der Waals surface area contributed by atoms with E-state index in [-0.39, 0.29) is 18.1 Å². The summed E-state index contributed by atoms with van der Waals surface area (Å²) in [6, 6.07) is 0. The predicted molar refractivity (Wildman–Crippen MR) is 68.4 cm³/mol. The number of hydrogen-bond donors (Lipinski definition) is 2. The largest absolute Gasteiger partial charge is 0.396 e. The lowest BCUT2D eigenvalue weighted by molar-refractivity contribution is -0.0131. The first-order chi connectivity index (χ1) is 7.75. The fourth-order valence-corrected chi connectivity index (χ4v) is 3.46. The standard InChI is InChI=1S/C13H28N2O/c1-3-15(4-2)13(12(10-14)11-16)8-6-5-7-9-13/h12,16H,3-11,14H2,1-2H3/t12-/m1/s1. The highest BCUT2D eigenvalue weighted by Gasteiger charge is 2.42. The maximum absolute atomic E-state index is 9.58. The smallest absolute Gasteiger partial charge is 0.0489 e. The average molecular weight is 228 g/mol. The lowest BCUT2D eigenvalue weighted by atomic mass is 9.71. The number of aliphatic hydroxyl groups is 1. The molecule has 0 radical (unpaired) electrons. The van der Waals surface area contributed by atoms with Crippen molar-refractivity contribution < 1.29 is 5.11 Å². The van der Waals surface area contributed by atoms with E-state index in [0.717, 1.165) is 13.1 Å². The van der Waals surface area contributed by atoms with E-state index in [0.29, 0.717) is 6.54 Å². The highest BCUT2D eigenvalue weighted by Crippen LogP contribution is 2.39. The first kappa shape index (κ1) is 13.9. The van der Waals surface area contributed by atoms with Crippen molar-refractivity contribution in [1.29, 1.82) is 0 Å². The van der Waals surface area contributed by atoms with Gasteiger partial charge >= 0.3 is 0 Å². The van der Waals surface area contributed by atoms with Crippen LogP contribution in [0, 0.1) is 5.92 Å². The lowest BCUT2D eigenvalue weighted by Crippen LogP contribution is -2.57. The number of rotatable bonds is 6. The maximum atomic E-state index is 9.58. The van der Waals surface area contributed by atoms with Crippen LogP contribution >= 0.6 is 0 Å². The van der Waals surface area contributed by atoms with Crippen molar-refractivity contribution in [3.63, 3.8) is 0 Å². The van der Waals surface area contributed by atoms with Crippen molar-refractivity contribution in [3.8, 4) is 0 Å². The molecule has 1 atom stereocenters. The van der Waals surface area contributed by atoms with E-state index < -0.39 is 0 Å². The van der Waals surface area contributed by atoms with Gasteiger partial charge in [-0.25, -0.2) is 0 Å². The van der Waals surface area contributed by atoms with Crippen LogP contribution in [0.25, 0.3) is 0 Å². The Hall–Kier alpha value is -0.120. The van der Waals surface area contributed by atoms with Crippen LogP contribution in [-0.2, 0) is 0 Å². The molecule has 0 spiro atoms. The third-order valence-corrected chi connectivity index (χ3v) is 4.38. The fraction of sp³-hybridized carbons (Fsp3) is 1.00. The number of hydrogen-bond acceptors (Lipinski definition) is 3. The number of nitrogens with two attached hydrogens (primary N) is 1. The average Bonchev–Trinajstić information content (AvgIpc) is 2.33. The van der Waals surface area contributed by atoms with E-state index in [4.69, 9.17) is 5.73 Å². The molecule has 0 amide bonds. The van der Waals surface area contributed by atoms with Crippen molar-refractivity contribution in [1.82, 2.24) is 4.90 Å². The Morgan fingerprint density at radius 3 is 2.12 bits per heavy atom. The molecule has 0 aromatic heterocycles. The molecular weight excluding hydrogens is 200 g/mol. The minimum atomic E-state index is 0.172. The quantitative estimate of drug-likeness (QED) is 0.726. The van der Waals surface area contributed by atoms with Gasteiger partial charge in [0.1, 0.15) is 0 Å². The molecule has 1 aliphatic carbocycles. The molecule has 96 valence electrons. The second-order valence-electron chi connectivity index (χ2n) is 4.95. The third-order valence-electron chi connectivity index (χ3n) is 4.38. The van der Waals surface area contributed by atoms with Gasteiger partial charge in [0, 0.05) is 18.1 Å². The molecule has 1 aliphatic rings. The Bertz CT molecular complexity index is 168. The molecule has 0 aromatic carbocycles. The lowest BCUT2D eigenvalue weighted by Gasteiger charge is -2.50. The Balaban J connectivity index is 2.89. The maximum Gasteiger partial charge on any atom is 0.0489 e. The fourth-order valence-electron chi connectivity index (χ4n) is 3.46. The summed E-state index contributed by atoms with van der Waals surface area (Å²) < 4.78 is 0. The van der Waals surface area contributed by atoms with Gasteiger partial charge in [0.15, 0.2) is 0 Å². The van der Waals surface area contributed by atoms with Crippen molar-refractivity contribution in [2.75, 3.05) is 26.2 Å². The van der Waals surface area contributed by atoms with Gasteiger partial charge in [-0.05, 0) is 32.5 Å². The van der Waals surface area contributed by atoms with Gasteiger partial charge in [0.25, 0.3) is 0 Å². The second-order valence-corrected chi connectivity index (χ2v) is 4.95. The van der Waals surface area contributed by atoms with Crippen LogP contribution in [0.5, 0.6) is 0 Å². The van der Waals surface area contributed by atoms with Crippen molar-refractivity contribution in [3.05, 3.63) is 0 Å². The Morgan fingerprint density at radius 1 is 1.19 bits per heavy atom. The Kier molecular flexibility index (Phi) is 5.73. The highest BCUT2D eigenvalue weighted by atomic mass is 16.3. The SMILES string of the molecule is CCN(CC)C1([C@H](CN)CO)CCCCC1. The van der Waals surface area contributed by atoms with Gasteiger partial charge in [0.05, 0.1) is 0 Å². The van der Waals surface area contributed by atoms with Gasteiger partial charge in [-0.1, -0.05) is 33.1 Å². The summed E-state index contributed by atoms with van der Waals surface area (Å²) >= 11 is 0. The van der Waals surface area contributed by atoms with E-state index >= 15 is 0 Å².